The fourth-order valence-corrected chi connectivity index (χ4v) is 3.04. The fourth-order valence-electron chi connectivity index (χ4n) is 3.04. The lowest BCUT2D eigenvalue weighted by atomic mass is 9.90. The van der Waals surface area contributed by atoms with E-state index in [1.807, 2.05) is 25.2 Å². The number of nitrogens with zero attached hydrogens (tertiary/aromatic N) is 2. The summed E-state index contributed by atoms with van der Waals surface area (Å²) in [6.45, 7) is 2.05. The van der Waals surface area contributed by atoms with Crippen LogP contribution in [0.15, 0.2) is 24.3 Å². The van der Waals surface area contributed by atoms with Gasteiger partial charge in [-0.1, -0.05) is 24.3 Å². The van der Waals surface area contributed by atoms with E-state index in [2.05, 4.69) is 22.5 Å². The van der Waals surface area contributed by atoms with Gasteiger partial charge in [0.1, 0.15) is 11.7 Å². The summed E-state index contributed by atoms with van der Waals surface area (Å²) >= 11 is 0. The summed E-state index contributed by atoms with van der Waals surface area (Å²) < 4.78 is 2.06. The van der Waals surface area contributed by atoms with Crippen molar-refractivity contribution in [3.05, 3.63) is 41.2 Å². The Labute approximate surface area is 118 Å². The zero-order valence-electron chi connectivity index (χ0n) is 11.8. The van der Waals surface area contributed by atoms with Crippen molar-refractivity contribution in [3.8, 4) is 11.4 Å². The van der Waals surface area contributed by atoms with Crippen LogP contribution in [0.1, 0.15) is 35.7 Å². The van der Waals surface area contributed by atoms with Gasteiger partial charge >= 0.3 is 5.97 Å². The van der Waals surface area contributed by atoms with E-state index in [1.165, 1.54) is 0 Å². The Hall–Kier alpha value is -2.10. The average Bonchev–Trinajstić information content (AvgIpc) is 2.76. The molecular weight excluding hydrogens is 252 g/mol. The molecule has 0 amide bonds. The normalized spacial score (nSPS) is 17.8. The summed E-state index contributed by atoms with van der Waals surface area (Å²) in [5.41, 5.74) is 4.06. The van der Waals surface area contributed by atoms with E-state index in [-0.39, 0.29) is 0 Å². The molecule has 0 spiro atoms. The van der Waals surface area contributed by atoms with Crippen LogP contribution in [0.3, 0.4) is 0 Å². The molecule has 3 rings (SSSR count). The summed E-state index contributed by atoms with van der Waals surface area (Å²) in [7, 11) is 1.98. The van der Waals surface area contributed by atoms with Crippen molar-refractivity contribution < 1.29 is 9.90 Å². The lowest BCUT2D eigenvalue weighted by Gasteiger charge is -2.18. The van der Waals surface area contributed by atoms with E-state index in [4.69, 9.17) is 0 Å². The molecule has 1 aliphatic carbocycles. The van der Waals surface area contributed by atoms with Crippen molar-refractivity contribution in [2.45, 2.75) is 32.1 Å². The van der Waals surface area contributed by atoms with Gasteiger partial charge in [0, 0.05) is 18.3 Å². The van der Waals surface area contributed by atoms with E-state index >= 15 is 0 Å². The minimum absolute atomic E-state index is 0.456. The van der Waals surface area contributed by atoms with E-state index in [1.54, 1.807) is 0 Å². The Morgan fingerprint density at radius 1 is 1.40 bits per heavy atom. The maximum Gasteiger partial charge on any atom is 0.312 e. The van der Waals surface area contributed by atoms with Crippen LogP contribution < -0.4 is 0 Å². The van der Waals surface area contributed by atoms with Crippen LogP contribution in [-0.4, -0.2) is 20.6 Å². The third-order valence-electron chi connectivity index (χ3n) is 4.17. The van der Waals surface area contributed by atoms with Crippen molar-refractivity contribution in [2.75, 3.05) is 0 Å². The Kier molecular flexibility index (Phi) is 3.08. The summed E-state index contributed by atoms with van der Waals surface area (Å²) in [5, 5.41) is 9.36. The van der Waals surface area contributed by atoms with Gasteiger partial charge in [-0.15, -0.1) is 0 Å². The van der Waals surface area contributed by atoms with Gasteiger partial charge in [-0.2, -0.15) is 0 Å². The SMILES string of the molecule is Cc1ccccc1-c1nc2c(n1C)CCCC2C(=O)O. The van der Waals surface area contributed by atoms with Gasteiger partial charge in [0.05, 0.1) is 5.69 Å². The van der Waals surface area contributed by atoms with Crippen LogP contribution in [-0.2, 0) is 18.3 Å². The summed E-state index contributed by atoms with van der Waals surface area (Å²) in [5.74, 6) is -0.343. The molecule has 0 saturated heterocycles. The monoisotopic (exact) mass is 270 g/mol. The van der Waals surface area contributed by atoms with E-state index in [0.717, 1.165) is 41.2 Å². The Morgan fingerprint density at radius 3 is 2.85 bits per heavy atom. The van der Waals surface area contributed by atoms with E-state index in [9.17, 15) is 9.90 Å². The third kappa shape index (κ3) is 1.92. The predicted molar refractivity (Wildman–Crippen MR) is 76.7 cm³/mol. The molecule has 4 heteroatoms. The van der Waals surface area contributed by atoms with Crippen LogP contribution >= 0.6 is 0 Å². The molecular formula is C16H18N2O2. The molecule has 0 radical (unpaired) electrons. The molecule has 1 heterocycles. The van der Waals surface area contributed by atoms with Crippen LogP contribution in [0, 0.1) is 6.92 Å². The molecule has 2 aromatic rings. The first-order valence-corrected chi connectivity index (χ1v) is 6.94. The highest BCUT2D eigenvalue weighted by Gasteiger charge is 2.31. The van der Waals surface area contributed by atoms with Crippen molar-refractivity contribution in [1.29, 1.82) is 0 Å². The number of fused-ring (bicyclic) bond motifs is 1. The number of carboxylic acids is 1. The number of rotatable bonds is 2. The highest BCUT2D eigenvalue weighted by molar-refractivity contribution is 5.77. The Bertz CT molecular complexity index is 673. The second-order valence-corrected chi connectivity index (χ2v) is 5.42. The number of aromatic nitrogens is 2. The van der Waals surface area contributed by atoms with Crippen molar-refractivity contribution >= 4 is 5.97 Å². The van der Waals surface area contributed by atoms with Gasteiger partial charge in [0.25, 0.3) is 0 Å². The quantitative estimate of drug-likeness (QED) is 0.913. The molecule has 0 bridgehead atoms. The van der Waals surface area contributed by atoms with Crippen LogP contribution in [0.4, 0.5) is 0 Å². The van der Waals surface area contributed by atoms with Crippen LogP contribution in [0.25, 0.3) is 11.4 Å². The zero-order chi connectivity index (χ0) is 14.3. The van der Waals surface area contributed by atoms with Crippen molar-refractivity contribution in [1.82, 2.24) is 9.55 Å². The molecule has 104 valence electrons. The molecule has 0 saturated carbocycles. The number of carboxylic acid groups (broad SMARTS) is 1. The maximum atomic E-state index is 11.4. The molecule has 0 aliphatic heterocycles. The standard InChI is InChI=1S/C16H18N2O2/c1-10-6-3-4-7-11(10)15-17-14-12(16(19)20)8-5-9-13(14)18(15)2/h3-4,6-7,12H,5,8-9H2,1-2H3,(H,19,20). The first-order chi connectivity index (χ1) is 9.59. The van der Waals surface area contributed by atoms with Gasteiger partial charge in [0.15, 0.2) is 0 Å². The van der Waals surface area contributed by atoms with E-state index in [0.29, 0.717) is 6.42 Å². The topological polar surface area (TPSA) is 55.1 Å². The summed E-state index contributed by atoms with van der Waals surface area (Å²) in [6.07, 6.45) is 2.51. The number of carbonyl (C=O) groups is 1. The Balaban J connectivity index is 2.16. The van der Waals surface area contributed by atoms with Crippen LogP contribution in [0.2, 0.25) is 0 Å². The smallest absolute Gasteiger partial charge is 0.312 e. The van der Waals surface area contributed by atoms with Crippen LogP contribution in [0.5, 0.6) is 0 Å². The molecule has 20 heavy (non-hydrogen) atoms. The molecule has 0 fully saturated rings. The van der Waals surface area contributed by atoms with Gasteiger partial charge < -0.3 is 9.67 Å². The largest absolute Gasteiger partial charge is 0.481 e. The van der Waals surface area contributed by atoms with Gasteiger partial charge in [0.2, 0.25) is 0 Å². The summed E-state index contributed by atoms with van der Waals surface area (Å²) in [6, 6.07) is 8.09. The number of imidazole rings is 1. The lowest BCUT2D eigenvalue weighted by molar-refractivity contribution is -0.139. The predicted octanol–water partition coefficient (Wildman–Crippen LogP) is 2.90. The molecule has 1 aromatic carbocycles. The molecule has 1 unspecified atom stereocenters. The summed E-state index contributed by atoms with van der Waals surface area (Å²) in [4.78, 5) is 16.1. The number of hydrogen-bond donors (Lipinski definition) is 1. The molecule has 1 atom stereocenters. The zero-order valence-corrected chi connectivity index (χ0v) is 11.8. The van der Waals surface area contributed by atoms with Crippen molar-refractivity contribution in [2.24, 2.45) is 7.05 Å². The van der Waals surface area contributed by atoms with Crippen molar-refractivity contribution in [3.63, 3.8) is 0 Å². The highest BCUT2D eigenvalue weighted by Crippen LogP contribution is 2.34. The Morgan fingerprint density at radius 2 is 2.15 bits per heavy atom. The van der Waals surface area contributed by atoms with E-state index < -0.39 is 11.9 Å². The number of aliphatic carboxylic acids is 1. The third-order valence-corrected chi connectivity index (χ3v) is 4.17. The highest BCUT2D eigenvalue weighted by atomic mass is 16.4. The fraction of sp³-hybridized carbons (Fsp3) is 0.375. The minimum Gasteiger partial charge on any atom is -0.481 e. The first-order valence-electron chi connectivity index (χ1n) is 6.94. The number of aryl methyl sites for hydroxylation is 1. The second kappa shape index (κ2) is 4.78. The number of benzene rings is 1. The molecule has 4 nitrogen and oxygen atoms in total. The van der Waals surface area contributed by atoms with Gasteiger partial charge in [-0.3, -0.25) is 4.79 Å². The second-order valence-electron chi connectivity index (χ2n) is 5.42. The molecule has 1 N–H and O–H groups in total. The number of hydrogen-bond acceptors (Lipinski definition) is 2. The maximum absolute atomic E-state index is 11.4. The lowest BCUT2D eigenvalue weighted by Crippen LogP contribution is -2.18. The van der Waals surface area contributed by atoms with Gasteiger partial charge in [-0.25, -0.2) is 4.98 Å². The first kappa shape index (κ1) is 12.9. The average molecular weight is 270 g/mol. The molecule has 1 aromatic heterocycles. The minimum atomic E-state index is -0.764. The van der Waals surface area contributed by atoms with Gasteiger partial charge in [-0.05, 0) is 31.7 Å². The molecule has 1 aliphatic rings.